The number of nitrogens with zero attached hydrogens (tertiary/aromatic N) is 1. The smallest absolute Gasteiger partial charge is 0.263 e. The minimum Gasteiger partial charge on any atom is -0.398 e. The SMILES string of the molecule is N#Cc1cc(NS(=O)(=O)c2ccccc2N)ccc1F. The van der Waals surface area contributed by atoms with Crippen molar-refractivity contribution in [2.24, 2.45) is 0 Å². The Labute approximate surface area is 115 Å². The lowest BCUT2D eigenvalue weighted by atomic mass is 10.2. The summed E-state index contributed by atoms with van der Waals surface area (Å²) in [5.41, 5.74) is 5.55. The van der Waals surface area contributed by atoms with Crippen LogP contribution >= 0.6 is 0 Å². The van der Waals surface area contributed by atoms with Crippen molar-refractivity contribution in [3.63, 3.8) is 0 Å². The van der Waals surface area contributed by atoms with Gasteiger partial charge in [-0.05, 0) is 30.3 Å². The van der Waals surface area contributed by atoms with E-state index < -0.39 is 15.8 Å². The average molecular weight is 291 g/mol. The molecule has 0 saturated heterocycles. The molecule has 0 saturated carbocycles. The zero-order chi connectivity index (χ0) is 14.8. The number of hydrogen-bond donors (Lipinski definition) is 2. The van der Waals surface area contributed by atoms with E-state index in [1.165, 1.54) is 24.3 Å². The van der Waals surface area contributed by atoms with E-state index in [4.69, 9.17) is 11.0 Å². The van der Waals surface area contributed by atoms with E-state index in [0.29, 0.717) is 0 Å². The van der Waals surface area contributed by atoms with Gasteiger partial charge in [0.1, 0.15) is 16.8 Å². The minimum absolute atomic E-state index is 0.0807. The van der Waals surface area contributed by atoms with Crippen LogP contribution in [-0.2, 0) is 10.0 Å². The summed E-state index contributed by atoms with van der Waals surface area (Å²) in [6.45, 7) is 0. The molecule has 0 bridgehead atoms. The molecule has 2 aromatic rings. The van der Waals surface area contributed by atoms with Gasteiger partial charge in [0.2, 0.25) is 0 Å². The van der Waals surface area contributed by atoms with Gasteiger partial charge in [-0.15, -0.1) is 0 Å². The van der Waals surface area contributed by atoms with Crippen LogP contribution in [0.4, 0.5) is 15.8 Å². The van der Waals surface area contributed by atoms with E-state index in [1.54, 1.807) is 12.1 Å². The van der Waals surface area contributed by atoms with Crippen molar-refractivity contribution in [2.75, 3.05) is 10.5 Å². The lowest BCUT2D eigenvalue weighted by Crippen LogP contribution is -2.14. The number of hydrogen-bond acceptors (Lipinski definition) is 4. The van der Waals surface area contributed by atoms with Crippen molar-refractivity contribution >= 4 is 21.4 Å². The highest BCUT2D eigenvalue weighted by molar-refractivity contribution is 7.92. The molecule has 0 heterocycles. The molecular formula is C13H10FN3O2S. The van der Waals surface area contributed by atoms with E-state index in [0.717, 1.165) is 12.1 Å². The van der Waals surface area contributed by atoms with Crippen molar-refractivity contribution in [1.82, 2.24) is 0 Å². The van der Waals surface area contributed by atoms with Gasteiger partial charge in [0, 0.05) is 0 Å². The highest BCUT2D eigenvalue weighted by atomic mass is 32.2. The molecule has 0 aromatic heterocycles. The van der Waals surface area contributed by atoms with Crippen LogP contribution in [0.15, 0.2) is 47.4 Å². The monoisotopic (exact) mass is 291 g/mol. The lowest BCUT2D eigenvalue weighted by molar-refractivity contribution is 0.601. The molecule has 7 heteroatoms. The van der Waals surface area contributed by atoms with Gasteiger partial charge in [0.15, 0.2) is 0 Å². The van der Waals surface area contributed by atoms with Crippen molar-refractivity contribution in [1.29, 1.82) is 5.26 Å². The van der Waals surface area contributed by atoms with Crippen LogP contribution in [0.25, 0.3) is 0 Å². The number of benzene rings is 2. The maximum absolute atomic E-state index is 13.2. The Hall–Kier alpha value is -2.59. The highest BCUT2D eigenvalue weighted by Gasteiger charge is 2.17. The summed E-state index contributed by atoms with van der Waals surface area (Å²) in [5, 5.41) is 8.72. The average Bonchev–Trinajstić information content (AvgIpc) is 2.41. The molecule has 20 heavy (non-hydrogen) atoms. The lowest BCUT2D eigenvalue weighted by Gasteiger charge is -2.10. The van der Waals surface area contributed by atoms with Gasteiger partial charge in [-0.25, -0.2) is 12.8 Å². The van der Waals surface area contributed by atoms with E-state index in [9.17, 15) is 12.8 Å². The maximum Gasteiger partial charge on any atom is 0.263 e. The van der Waals surface area contributed by atoms with Crippen LogP contribution in [-0.4, -0.2) is 8.42 Å². The summed E-state index contributed by atoms with van der Waals surface area (Å²) < 4.78 is 39.7. The third-order valence-corrected chi connectivity index (χ3v) is 4.00. The van der Waals surface area contributed by atoms with Gasteiger partial charge in [-0.1, -0.05) is 12.1 Å². The first-order valence-corrected chi connectivity index (χ1v) is 6.99. The Bertz CT molecular complexity index is 798. The van der Waals surface area contributed by atoms with Gasteiger partial charge < -0.3 is 5.73 Å². The Kier molecular flexibility index (Phi) is 3.59. The number of halogens is 1. The standard InChI is InChI=1S/C13H10FN3O2S/c14-11-6-5-10(7-9(11)8-15)17-20(18,19)13-4-2-1-3-12(13)16/h1-7,17H,16H2. The summed E-state index contributed by atoms with van der Waals surface area (Å²) in [6, 6.07) is 11.0. The number of anilines is 2. The molecule has 5 nitrogen and oxygen atoms in total. The fourth-order valence-corrected chi connectivity index (χ4v) is 2.79. The first-order chi connectivity index (χ1) is 9.44. The molecule has 0 spiro atoms. The second-order valence-corrected chi connectivity index (χ2v) is 5.60. The van der Waals surface area contributed by atoms with E-state index in [1.807, 2.05) is 0 Å². The third kappa shape index (κ3) is 2.70. The number of nitriles is 1. The molecular weight excluding hydrogens is 281 g/mol. The second kappa shape index (κ2) is 5.19. The number of rotatable bonds is 3. The fourth-order valence-electron chi connectivity index (χ4n) is 1.61. The Balaban J connectivity index is 2.39. The predicted octanol–water partition coefficient (Wildman–Crippen LogP) is 2.08. The Morgan fingerprint density at radius 3 is 2.55 bits per heavy atom. The predicted molar refractivity (Wildman–Crippen MR) is 72.8 cm³/mol. The molecule has 0 fully saturated rings. The van der Waals surface area contributed by atoms with Crippen LogP contribution in [0.3, 0.4) is 0 Å². The first-order valence-electron chi connectivity index (χ1n) is 5.51. The third-order valence-electron chi connectivity index (χ3n) is 2.55. The number of nitrogen functional groups attached to an aromatic ring is 1. The first kappa shape index (κ1) is 13.8. The molecule has 2 aromatic carbocycles. The van der Waals surface area contributed by atoms with Gasteiger partial charge in [-0.3, -0.25) is 4.72 Å². The van der Waals surface area contributed by atoms with Crippen LogP contribution in [0.1, 0.15) is 5.56 Å². The quantitative estimate of drug-likeness (QED) is 0.846. The summed E-state index contributed by atoms with van der Waals surface area (Å²) in [4.78, 5) is -0.0807. The van der Waals surface area contributed by atoms with Crippen LogP contribution in [0, 0.1) is 17.1 Å². The van der Waals surface area contributed by atoms with E-state index in [-0.39, 0.29) is 21.8 Å². The van der Waals surface area contributed by atoms with Gasteiger partial charge in [-0.2, -0.15) is 5.26 Å². The molecule has 0 amide bonds. The molecule has 2 rings (SSSR count). The van der Waals surface area contributed by atoms with Crippen molar-refractivity contribution in [2.45, 2.75) is 4.90 Å². The molecule has 3 N–H and O–H groups in total. The summed E-state index contributed by atoms with van der Waals surface area (Å²) >= 11 is 0. The topological polar surface area (TPSA) is 96.0 Å². The van der Waals surface area contributed by atoms with Crippen LogP contribution in [0.5, 0.6) is 0 Å². The molecule has 0 radical (unpaired) electrons. The molecule has 102 valence electrons. The highest BCUT2D eigenvalue weighted by Crippen LogP contribution is 2.22. The molecule has 0 aliphatic rings. The molecule has 0 aliphatic heterocycles. The zero-order valence-electron chi connectivity index (χ0n) is 10.2. The second-order valence-electron chi connectivity index (χ2n) is 3.95. The maximum atomic E-state index is 13.2. The van der Waals surface area contributed by atoms with E-state index in [2.05, 4.69) is 4.72 Å². The summed E-state index contributed by atoms with van der Waals surface area (Å²) in [6.07, 6.45) is 0. The largest absolute Gasteiger partial charge is 0.398 e. The number of para-hydroxylation sites is 1. The Morgan fingerprint density at radius 2 is 1.90 bits per heavy atom. The number of sulfonamides is 1. The molecule has 0 aliphatic carbocycles. The summed E-state index contributed by atoms with van der Waals surface area (Å²) in [5.74, 6) is -0.713. The van der Waals surface area contributed by atoms with Crippen molar-refractivity contribution in [3.05, 3.63) is 53.8 Å². The van der Waals surface area contributed by atoms with Crippen molar-refractivity contribution < 1.29 is 12.8 Å². The number of nitrogens with two attached hydrogens (primary N) is 1. The fraction of sp³-hybridized carbons (Fsp3) is 0. The zero-order valence-corrected chi connectivity index (χ0v) is 11.0. The van der Waals surface area contributed by atoms with E-state index >= 15 is 0 Å². The normalized spacial score (nSPS) is 10.8. The van der Waals surface area contributed by atoms with Crippen LogP contribution < -0.4 is 10.5 Å². The summed E-state index contributed by atoms with van der Waals surface area (Å²) in [7, 11) is -3.89. The Morgan fingerprint density at radius 1 is 1.20 bits per heavy atom. The van der Waals surface area contributed by atoms with Crippen molar-refractivity contribution in [3.8, 4) is 6.07 Å². The van der Waals surface area contributed by atoms with Gasteiger partial charge >= 0.3 is 0 Å². The van der Waals surface area contributed by atoms with Crippen LogP contribution in [0.2, 0.25) is 0 Å². The van der Waals surface area contributed by atoms with Gasteiger partial charge in [0.25, 0.3) is 10.0 Å². The molecule has 0 unspecified atom stereocenters. The number of nitrogens with one attached hydrogen (secondary N) is 1. The molecule has 0 atom stereocenters. The minimum atomic E-state index is -3.89. The van der Waals surface area contributed by atoms with Gasteiger partial charge in [0.05, 0.1) is 16.9 Å².